The molecule has 1 rings (SSSR count). The zero-order chi connectivity index (χ0) is 12.3. The first-order valence-corrected chi connectivity index (χ1v) is 5.73. The molecule has 0 fully saturated rings. The van der Waals surface area contributed by atoms with E-state index < -0.39 is 0 Å². The number of benzene rings is 1. The van der Waals surface area contributed by atoms with Crippen molar-refractivity contribution in [1.29, 1.82) is 5.26 Å². The Kier molecular flexibility index (Phi) is 6.00. The van der Waals surface area contributed by atoms with Crippen molar-refractivity contribution in [2.24, 2.45) is 0 Å². The molecule has 0 saturated carbocycles. The van der Waals surface area contributed by atoms with Crippen LogP contribution in [0.4, 0.5) is 0 Å². The first kappa shape index (κ1) is 12.8. The van der Waals surface area contributed by atoms with E-state index in [1.165, 1.54) is 11.8 Å². The van der Waals surface area contributed by atoms with Gasteiger partial charge in [0, 0.05) is 4.90 Å². The summed E-state index contributed by atoms with van der Waals surface area (Å²) in [7, 11) is 0. The van der Waals surface area contributed by atoms with E-state index in [1.54, 1.807) is 6.92 Å². The lowest BCUT2D eigenvalue weighted by Crippen LogP contribution is -1.83. The van der Waals surface area contributed by atoms with Gasteiger partial charge in [-0.1, -0.05) is 24.1 Å². The third-order valence-electron chi connectivity index (χ3n) is 1.77. The number of thioether (sulfide) groups is 1. The van der Waals surface area contributed by atoms with Gasteiger partial charge in [0.2, 0.25) is 0 Å². The van der Waals surface area contributed by atoms with Crippen molar-refractivity contribution in [3.63, 3.8) is 0 Å². The van der Waals surface area contributed by atoms with Crippen LogP contribution in [0.1, 0.15) is 12.5 Å². The van der Waals surface area contributed by atoms with Gasteiger partial charge in [0.05, 0.1) is 12.5 Å². The van der Waals surface area contributed by atoms with E-state index in [9.17, 15) is 0 Å². The molecule has 0 aromatic heterocycles. The van der Waals surface area contributed by atoms with Gasteiger partial charge in [-0.25, -0.2) is 0 Å². The number of hydrogen-bond acceptors (Lipinski definition) is 2. The average molecular weight is 235 g/mol. The lowest BCUT2D eigenvalue weighted by atomic mass is 10.2. The first-order valence-electron chi connectivity index (χ1n) is 4.92. The SMILES string of the molecule is CC#CC#CC#CSc1ccccc1CC#N. The minimum absolute atomic E-state index is 0.401. The third-order valence-corrected chi connectivity index (χ3v) is 2.59. The Morgan fingerprint density at radius 2 is 1.88 bits per heavy atom. The molecule has 0 saturated heterocycles. The van der Waals surface area contributed by atoms with Gasteiger partial charge in [0.15, 0.2) is 0 Å². The number of hydrogen-bond donors (Lipinski definition) is 0. The molecule has 1 aromatic carbocycles. The molecule has 0 atom stereocenters. The number of nitrogens with zero attached hydrogens (tertiary/aromatic N) is 1. The van der Waals surface area contributed by atoms with Gasteiger partial charge in [-0.3, -0.25) is 0 Å². The summed E-state index contributed by atoms with van der Waals surface area (Å²) in [5.41, 5.74) is 0.996. The molecule has 0 radical (unpaired) electrons. The van der Waals surface area contributed by atoms with Crippen molar-refractivity contribution in [1.82, 2.24) is 0 Å². The predicted molar refractivity (Wildman–Crippen MR) is 70.6 cm³/mol. The fourth-order valence-corrected chi connectivity index (χ4v) is 1.70. The summed E-state index contributed by atoms with van der Waals surface area (Å²) >= 11 is 1.38. The van der Waals surface area contributed by atoms with Crippen LogP contribution in [0.3, 0.4) is 0 Å². The third kappa shape index (κ3) is 4.86. The summed E-state index contributed by atoms with van der Waals surface area (Å²) in [6.45, 7) is 1.73. The fraction of sp³-hybridized carbons (Fsp3) is 0.133. The largest absolute Gasteiger partial charge is 0.198 e. The van der Waals surface area contributed by atoms with Crippen molar-refractivity contribution in [2.75, 3.05) is 0 Å². The van der Waals surface area contributed by atoms with Crippen LogP contribution in [0, 0.1) is 46.2 Å². The van der Waals surface area contributed by atoms with Gasteiger partial charge in [-0.2, -0.15) is 5.26 Å². The molecule has 0 heterocycles. The second kappa shape index (κ2) is 7.96. The minimum Gasteiger partial charge on any atom is -0.198 e. The molecule has 1 aromatic rings. The van der Waals surface area contributed by atoms with Crippen molar-refractivity contribution >= 4 is 11.8 Å². The second-order valence-electron chi connectivity index (χ2n) is 2.90. The van der Waals surface area contributed by atoms with E-state index in [-0.39, 0.29) is 0 Å². The van der Waals surface area contributed by atoms with E-state index >= 15 is 0 Å². The van der Waals surface area contributed by atoms with Crippen molar-refractivity contribution in [2.45, 2.75) is 18.2 Å². The monoisotopic (exact) mass is 235 g/mol. The Bertz CT molecular complexity index is 604. The first-order chi connectivity index (χ1) is 8.38. The smallest absolute Gasteiger partial charge is 0.0670 e. The van der Waals surface area contributed by atoms with Gasteiger partial charge in [-0.05, 0) is 59.2 Å². The molecule has 0 unspecified atom stereocenters. The number of nitriles is 1. The van der Waals surface area contributed by atoms with Crippen LogP contribution in [0.25, 0.3) is 0 Å². The van der Waals surface area contributed by atoms with Crippen LogP contribution in [-0.4, -0.2) is 0 Å². The Hall–Kier alpha value is -2.26. The number of rotatable bonds is 2. The van der Waals surface area contributed by atoms with Gasteiger partial charge in [0.1, 0.15) is 0 Å². The summed E-state index contributed by atoms with van der Waals surface area (Å²) in [6.07, 6.45) is 0.401. The topological polar surface area (TPSA) is 23.8 Å². The molecular formula is C15H9NS. The van der Waals surface area contributed by atoms with E-state index in [4.69, 9.17) is 5.26 Å². The minimum atomic E-state index is 0.401. The normalized spacial score (nSPS) is 7.29. The van der Waals surface area contributed by atoms with E-state index in [0.29, 0.717) is 6.42 Å². The van der Waals surface area contributed by atoms with Crippen molar-refractivity contribution in [3.8, 4) is 40.9 Å². The molecule has 0 amide bonds. The molecule has 0 aliphatic carbocycles. The lowest BCUT2D eigenvalue weighted by Gasteiger charge is -2.00. The zero-order valence-electron chi connectivity index (χ0n) is 9.37. The highest BCUT2D eigenvalue weighted by Crippen LogP contribution is 2.21. The van der Waals surface area contributed by atoms with Crippen LogP contribution in [0.2, 0.25) is 0 Å². The van der Waals surface area contributed by atoms with Crippen molar-refractivity contribution < 1.29 is 0 Å². The van der Waals surface area contributed by atoms with Gasteiger partial charge < -0.3 is 0 Å². The molecule has 17 heavy (non-hydrogen) atoms. The van der Waals surface area contributed by atoms with Crippen LogP contribution in [0.15, 0.2) is 29.2 Å². The molecular weight excluding hydrogens is 226 g/mol. The lowest BCUT2D eigenvalue weighted by molar-refractivity contribution is 1.18. The van der Waals surface area contributed by atoms with Crippen LogP contribution < -0.4 is 0 Å². The highest BCUT2D eigenvalue weighted by molar-refractivity contribution is 8.04. The van der Waals surface area contributed by atoms with Gasteiger partial charge >= 0.3 is 0 Å². The molecule has 0 aliphatic heterocycles. The maximum atomic E-state index is 8.68. The molecule has 1 nitrogen and oxygen atoms in total. The van der Waals surface area contributed by atoms with Crippen LogP contribution >= 0.6 is 11.8 Å². The molecule has 2 heteroatoms. The maximum absolute atomic E-state index is 8.68. The summed E-state index contributed by atoms with van der Waals surface area (Å²) in [5.74, 6) is 13.2. The fourth-order valence-electron chi connectivity index (χ4n) is 1.07. The predicted octanol–water partition coefficient (Wildman–Crippen LogP) is 2.83. The van der Waals surface area contributed by atoms with E-state index in [1.807, 2.05) is 24.3 Å². The second-order valence-corrected chi connectivity index (χ2v) is 3.74. The standard InChI is InChI=1S/C15H9NS/c1-2-3-4-5-8-13-17-15-10-7-6-9-14(15)11-12-16/h6-7,9-10H,11H2,1H3. The van der Waals surface area contributed by atoms with E-state index in [2.05, 4.69) is 40.9 Å². The Labute approximate surface area is 106 Å². The maximum Gasteiger partial charge on any atom is 0.0670 e. The summed E-state index contributed by atoms with van der Waals surface area (Å²) in [5, 5.41) is 11.6. The van der Waals surface area contributed by atoms with Crippen LogP contribution in [-0.2, 0) is 6.42 Å². The zero-order valence-corrected chi connectivity index (χ0v) is 10.2. The highest BCUT2D eigenvalue weighted by atomic mass is 32.2. The molecule has 0 spiro atoms. The highest BCUT2D eigenvalue weighted by Gasteiger charge is 1.99. The van der Waals surface area contributed by atoms with Gasteiger partial charge in [-0.15, -0.1) is 0 Å². The summed E-state index contributed by atoms with van der Waals surface area (Å²) < 4.78 is 0. The van der Waals surface area contributed by atoms with Crippen LogP contribution in [0.5, 0.6) is 0 Å². The molecule has 80 valence electrons. The Balaban J connectivity index is 2.72. The quantitative estimate of drug-likeness (QED) is 0.581. The van der Waals surface area contributed by atoms with Crippen molar-refractivity contribution in [3.05, 3.63) is 29.8 Å². The average Bonchev–Trinajstić information content (AvgIpc) is 2.36. The Morgan fingerprint density at radius 1 is 1.12 bits per heavy atom. The molecule has 0 bridgehead atoms. The Morgan fingerprint density at radius 3 is 2.65 bits per heavy atom. The summed E-state index contributed by atoms with van der Waals surface area (Å²) in [6, 6.07) is 9.86. The van der Waals surface area contributed by atoms with Gasteiger partial charge in [0.25, 0.3) is 0 Å². The molecule has 0 N–H and O–H groups in total. The molecule has 0 aliphatic rings. The van der Waals surface area contributed by atoms with E-state index in [0.717, 1.165) is 10.5 Å². The summed E-state index contributed by atoms with van der Waals surface area (Å²) in [4.78, 5) is 1.00.